The lowest BCUT2D eigenvalue weighted by molar-refractivity contribution is 0.365. The van der Waals surface area contributed by atoms with Gasteiger partial charge in [0.1, 0.15) is 0 Å². The monoisotopic (exact) mass is 203 g/mol. The summed E-state index contributed by atoms with van der Waals surface area (Å²) >= 11 is 0. The average Bonchev–Trinajstić information content (AvgIpc) is 2.62. The summed E-state index contributed by atoms with van der Waals surface area (Å²) in [5.41, 5.74) is 3.18. The fraction of sp³-hybridized carbons (Fsp3) is 0.571. The topological polar surface area (TPSA) is 12.0 Å². The second kappa shape index (κ2) is 3.88. The summed E-state index contributed by atoms with van der Waals surface area (Å²) in [4.78, 5) is 0. The highest BCUT2D eigenvalue weighted by molar-refractivity contribution is 5.61. The van der Waals surface area contributed by atoms with Gasteiger partial charge in [0.25, 0.3) is 0 Å². The van der Waals surface area contributed by atoms with Crippen LogP contribution in [0.5, 0.6) is 0 Å². The number of benzene rings is 1. The van der Waals surface area contributed by atoms with Crippen molar-refractivity contribution in [3.05, 3.63) is 29.8 Å². The summed E-state index contributed by atoms with van der Waals surface area (Å²) in [5.74, 6) is 0.684. The Balaban J connectivity index is 2.44. The van der Waals surface area contributed by atoms with Crippen LogP contribution in [0.1, 0.15) is 51.5 Å². The van der Waals surface area contributed by atoms with E-state index in [4.69, 9.17) is 0 Å². The Morgan fingerprint density at radius 2 is 1.80 bits per heavy atom. The molecule has 0 amide bonds. The fourth-order valence-electron chi connectivity index (χ4n) is 3.10. The number of rotatable bonds is 3. The van der Waals surface area contributed by atoms with Gasteiger partial charge in [0.2, 0.25) is 0 Å². The van der Waals surface area contributed by atoms with Crippen LogP contribution in [-0.2, 0) is 0 Å². The number of hydrogen-bond acceptors (Lipinski definition) is 1. The maximum Gasteiger partial charge on any atom is 0.0437 e. The molecule has 0 unspecified atom stereocenters. The van der Waals surface area contributed by atoms with Crippen molar-refractivity contribution < 1.29 is 0 Å². The van der Waals surface area contributed by atoms with Crippen molar-refractivity contribution in [2.24, 2.45) is 0 Å². The third-order valence-electron chi connectivity index (χ3n) is 4.06. The lowest BCUT2D eigenvalue weighted by Gasteiger charge is -2.34. The Morgan fingerprint density at radius 1 is 1.13 bits per heavy atom. The first-order valence-electron chi connectivity index (χ1n) is 6.14. The Morgan fingerprint density at radius 3 is 2.40 bits per heavy atom. The van der Waals surface area contributed by atoms with Gasteiger partial charge in [-0.2, -0.15) is 0 Å². The van der Waals surface area contributed by atoms with Crippen LogP contribution in [0.15, 0.2) is 24.3 Å². The number of nitrogens with one attached hydrogen (secondary N) is 1. The molecule has 15 heavy (non-hydrogen) atoms. The summed E-state index contributed by atoms with van der Waals surface area (Å²) in [6.45, 7) is 6.89. The molecule has 0 aliphatic carbocycles. The highest BCUT2D eigenvalue weighted by Crippen LogP contribution is 2.47. The lowest BCUT2D eigenvalue weighted by atomic mass is 9.77. The molecule has 1 atom stereocenters. The van der Waals surface area contributed by atoms with Gasteiger partial charge in [0, 0.05) is 17.1 Å². The molecule has 0 bridgehead atoms. The molecule has 1 aliphatic heterocycles. The van der Waals surface area contributed by atoms with Gasteiger partial charge >= 0.3 is 0 Å². The standard InChI is InChI=1S/C14H21N/c1-4-12-11-9-7-8-10-13(11)15-14(12,5-2)6-3/h7-10,12,15H,4-6H2,1-3H3/t12-/m1/s1. The van der Waals surface area contributed by atoms with E-state index in [1.165, 1.54) is 30.5 Å². The average molecular weight is 203 g/mol. The third-order valence-corrected chi connectivity index (χ3v) is 4.06. The van der Waals surface area contributed by atoms with Gasteiger partial charge in [-0.05, 0) is 30.9 Å². The Hall–Kier alpha value is -0.980. The van der Waals surface area contributed by atoms with E-state index in [1.807, 2.05) is 0 Å². The van der Waals surface area contributed by atoms with Crippen molar-refractivity contribution in [3.8, 4) is 0 Å². The van der Waals surface area contributed by atoms with E-state index in [2.05, 4.69) is 50.4 Å². The van der Waals surface area contributed by atoms with E-state index < -0.39 is 0 Å². The minimum absolute atomic E-state index is 0.304. The van der Waals surface area contributed by atoms with Gasteiger partial charge in [0.05, 0.1) is 0 Å². The molecule has 1 aromatic carbocycles. The fourth-order valence-corrected chi connectivity index (χ4v) is 3.10. The van der Waals surface area contributed by atoms with Gasteiger partial charge in [-0.3, -0.25) is 0 Å². The van der Waals surface area contributed by atoms with Gasteiger partial charge in [0.15, 0.2) is 0 Å². The summed E-state index contributed by atoms with van der Waals surface area (Å²) in [5, 5.41) is 3.75. The van der Waals surface area contributed by atoms with Gasteiger partial charge in [-0.25, -0.2) is 0 Å². The normalized spacial score (nSPS) is 22.2. The Kier molecular flexibility index (Phi) is 2.72. The third kappa shape index (κ3) is 1.45. The lowest BCUT2D eigenvalue weighted by Crippen LogP contribution is -2.38. The first kappa shape index (κ1) is 10.5. The molecule has 2 rings (SSSR count). The molecular formula is C14H21N. The molecular weight excluding hydrogens is 182 g/mol. The zero-order chi connectivity index (χ0) is 10.9. The molecule has 1 aromatic rings. The van der Waals surface area contributed by atoms with E-state index >= 15 is 0 Å². The smallest absolute Gasteiger partial charge is 0.0437 e. The summed E-state index contributed by atoms with van der Waals surface area (Å²) in [7, 11) is 0. The first-order valence-corrected chi connectivity index (χ1v) is 6.14. The predicted octanol–water partition coefficient (Wildman–Crippen LogP) is 4.16. The van der Waals surface area contributed by atoms with Crippen molar-refractivity contribution in [1.29, 1.82) is 0 Å². The molecule has 0 spiro atoms. The number of hydrogen-bond donors (Lipinski definition) is 1. The minimum atomic E-state index is 0.304. The van der Waals surface area contributed by atoms with Crippen molar-refractivity contribution in [1.82, 2.24) is 0 Å². The van der Waals surface area contributed by atoms with Crippen LogP contribution in [0.4, 0.5) is 5.69 Å². The van der Waals surface area contributed by atoms with Crippen LogP contribution in [0.25, 0.3) is 0 Å². The van der Waals surface area contributed by atoms with Gasteiger partial charge in [-0.15, -0.1) is 0 Å². The van der Waals surface area contributed by atoms with E-state index in [0.29, 0.717) is 11.5 Å². The largest absolute Gasteiger partial charge is 0.379 e. The molecule has 0 radical (unpaired) electrons. The summed E-state index contributed by atoms with van der Waals surface area (Å²) < 4.78 is 0. The van der Waals surface area contributed by atoms with E-state index in [9.17, 15) is 0 Å². The molecule has 1 N–H and O–H groups in total. The van der Waals surface area contributed by atoms with Crippen LogP contribution < -0.4 is 5.32 Å². The molecule has 1 heterocycles. The number of fused-ring (bicyclic) bond motifs is 1. The molecule has 1 nitrogen and oxygen atoms in total. The number of para-hydroxylation sites is 1. The van der Waals surface area contributed by atoms with Crippen molar-refractivity contribution in [2.75, 3.05) is 5.32 Å². The van der Waals surface area contributed by atoms with Crippen LogP contribution in [0.3, 0.4) is 0 Å². The highest BCUT2D eigenvalue weighted by Gasteiger charge is 2.41. The van der Waals surface area contributed by atoms with Gasteiger partial charge < -0.3 is 5.32 Å². The summed E-state index contributed by atoms with van der Waals surface area (Å²) in [6.07, 6.45) is 3.64. The van der Waals surface area contributed by atoms with Crippen molar-refractivity contribution in [3.63, 3.8) is 0 Å². The molecule has 0 saturated heterocycles. The van der Waals surface area contributed by atoms with Crippen LogP contribution in [-0.4, -0.2) is 5.54 Å². The molecule has 82 valence electrons. The SMILES string of the molecule is CC[C@@H]1c2ccccc2NC1(CC)CC. The Bertz CT molecular complexity index is 339. The molecule has 0 fully saturated rings. The molecule has 0 aromatic heterocycles. The van der Waals surface area contributed by atoms with E-state index in [0.717, 1.165) is 0 Å². The second-order valence-electron chi connectivity index (χ2n) is 4.54. The predicted molar refractivity (Wildman–Crippen MR) is 66.4 cm³/mol. The maximum absolute atomic E-state index is 3.75. The van der Waals surface area contributed by atoms with Crippen molar-refractivity contribution in [2.45, 2.75) is 51.5 Å². The first-order chi connectivity index (χ1) is 7.27. The van der Waals surface area contributed by atoms with E-state index in [1.54, 1.807) is 0 Å². The number of anilines is 1. The summed E-state index contributed by atoms with van der Waals surface area (Å²) in [6, 6.07) is 8.78. The van der Waals surface area contributed by atoms with Crippen LogP contribution >= 0.6 is 0 Å². The molecule has 0 saturated carbocycles. The molecule has 1 aliphatic rings. The quantitative estimate of drug-likeness (QED) is 0.777. The van der Waals surface area contributed by atoms with E-state index in [-0.39, 0.29) is 0 Å². The highest BCUT2D eigenvalue weighted by atomic mass is 15.0. The Labute approximate surface area is 92.9 Å². The second-order valence-corrected chi connectivity index (χ2v) is 4.54. The van der Waals surface area contributed by atoms with Crippen LogP contribution in [0, 0.1) is 0 Å². The molecule has 1 heteroatoms. The zero-order valence-electron chi connectivity index (χ0n) is 10.0. The maximum atomic E-state index is 3.75. The minimum Gasteiger partial charge on any atom is -0.379 e. The van der Waals surface area contributed by atoms with Crippen molar-refractivity contribution >= 4 is 5.69 Å². The van der Waals surface area contributed by atoms with Gasteiger partial charge in [-0.1, -0.05) is 39.0 Å². The zero-order valence-corrected chi connectivity index (χ0v) is 10.0. The van der Waals surface area contributed by atoms with Crippen LogP contribution in [0.2, 0.25) is 0 Å².